The Morgan fingerprint density at radius 3 is 2.71 bits per heavy atom. The number of benzene rings is 2. The van der Waals surface area contributed by atoms with E-state index in [0.717, 1.165) is 27.4 Å². The van der Waals surface area contributed by atoms with Crippen LogP contribution in [-0.4, -0.2) is 16.0 Å². The van der Waals surface area contributed by atoms with Crippen molar-refractivity contribution in [1.29, 1.82) is 0 Å². The maximum atomic E-state index is 12.2. The van der Waals surface area contributed by atoms with Crippen LogP contribution in [0.15, 0.2) is 47.8 Å². The fourth-order valence-electron chi connectivity index (χ4n) is 2.52. The number of thiocarbonyl (C=S) groups is 1. The molecule has 1 amide bonds. The van der Waals surface area contributed by atoms with Crippen LogP contribution in [0.3, 0.4) is 0 Å². The van der Waals surface area contributed by atoms with E-state index < -0.39 is 0 Å². The van der Waals surface area contributed by atoms with E-state index in [-0.39, 0.29) is 12.3 Å². The molecule has 0 fully saturated rings. The van der Waals surface area contributed by atoms with Gasteiger partial charge >= 0.3 is 0 Å². The molecule has 1 aromatic heterocycles. The van der Waals surface area contributed by atoms with Crippen molar-refractivity contribution in [2.75, 3.05) is 5.32 Å². The molecule has 28 heavy (non-hydrogen) atoms. The van der Waals surface area contributed by atoms with Crippen LogP contribution in [0.4, 0.5) is 5.69 Å². The van der Waals surface area contributed by atoms with Gasteiger partial charge in [-0.1, -0.05) is 41.9 Å². The van der Waals surface area contributed by atoms with Crippen LogP contribution < -0.4 is 16.2 Å². The van der Waals surface area contributed by atoms with Gasteiger partial charge < -0.3 is 5.32 Å². The molecule has 2 aromatic carbocycles. The number of rotatable bonds is 4. The van der Waals surface area contributed by atoms with E-state index in [1.807, 2.05) is 61.7 Å². The largest absolute Gasteiger partial charge is 0.331 e. The molecule has 3 N–H and O–H groups in total. The quantitative estimate of drug-likeness (QED) is 0.415. The SMILES string of the molecule is Cc1cccc(NC(=S)NNC(=O)Cc2csc(-c3ccccc3Cl)n2)c1C. The third-order valence-corrected chi connectivity index (χ3v) is 5.62. The summed E-state index contributed by atoms with van der Waals surface area (Å²) < 4.78 is 0. The Bertz CT molecular complexity index is 1020. The number of nitrogens with one attached hydrogen (secondary N) is 3. The zero-order valence-electron chi connectivity index (χ0n) is 15.4. The lowest BCUT2D eigenvalue weighted by atomic mass is 10.1. The summed E-state index contributed by atoms with van der Waals surface area (Å²) in [6.45, 7) is 4.04. The van der Waals surface area contributed by atoms with Crippen LogP contribution in [0.5, 0.6) is 0 Å². The predicted octanol–water partition coefficient (Wildman–Crippen LogP) is 4.64. The Balaban J connectivity index is 1.53. The van der Waals surface area contributed by atoms with Crippen LogP contribution in [0, 0.1) is 13.8 Å². The monoisotopic (exact) mass is 430 g/mol. The van der Waals surface area contributed by atoms with Crippen molar-refractivity contribution >= 4 is 51.9 Å². The average Bonchev–Trinajstić information content (AvgIpc) is 3.12. The smallest absolute Gasteiger partial charge is 0.244 e. The first-order valence-electron chi connectivity index (χ1n) is 8.55. The maximum Gasteiger partial charge on any atom is 0.244 e. The van der Waals surface area contributed by atoms with Gasteiger partial charge in [0.2, 0.25) is 5.91 Å². The van der Waals surface area contributed by atoms with E-state index in [0.29, 0.717) is 15.8 Å². The van der Waals surface area contributed by atoms with Crippen molar-refractivity contribution in [1.82, 2.24) is 15.8 Å². The lowest BCUT2D eigenvalue weighted by molar-refractivity contribution is -0.121. The number of halogens is 1. The molecule has 0 saturated carbocycles. The van der Waals surface area contributed by atoms with Gasteiger partial charge in [-0.25, -0.2) is 4.98 Å². The highest BCUT2D eigenvalue weighted by Crippen LogP contribution is 2.30. The Morgan fingerprint density at radius 2 is 1.93 bits per heavy atom. The molecule has 0 saturated heterocycles. The number of thiazole rings is 1. The Morgan fingerprint density at radius 1 is 1.14 bits per heavy atom. The highest BCUT2D eigenvalue weighted by Gasteiger charge is 2.11. The third-order valence-electron chi connectivity index (χ3n) is 4.17. The van der Waals surface area contributed by atoms with Crippen LogP contribution in [0.25, 0.3) is 10.6 Å². The van der Waals surface area contributed by atoms with Crippen LogP contribution >= 0.6 is 35.2 Å². The average molecular weight is 431 g/mol. The number of aryl methyl sites for hydroxylation is 1. The minimum absolute atomic E-state index is 0.139. The fourth-order valence-corrected chi connectivity index (χ4v) is 3.82. The number of nitrogens with zero attached hydrogens (tertiary/aromatic N) is 1. The molecule has 0 radical (unpaired) electrons. The molecule has 0 aliphatic carbocycles. The van der Waals surface area contributed by atoms with Gasteiger partial charge in [-0.2, -0.15) is 0 Å². The summed E-state index contributed by atoms with van der Waals surface area (Å²) in [7, 11) is 0. The molecule has 0 aliphatic heterocycles. The van der Waals surface area contributed by atoms with E-state index in [9.17, 15) is 4.79 Å². The molecule has 0 spiro atoms. The van der Waals surface area contributed by atoms with E-state index in [2.05, 4.69) is 21.2 Å². The minimum Gasteiger partial charge on any atom is -0.331 e. The predicted molar refractivity (Wildman–Crippen MR) is 120 cm³/mol. The van der Waals surface area contributed by atoms with Crippen molar-refractivity contribution in [2.24, 2.45) is 0 Å². The molecule has 144 valence electrons. The number of hydrazine groups is 1. The number of aromatic nitrogens is 1. The number of hydrogen-bond donors (Lipinski definition) is 3. The second-order valence-electron chi connectivity index (χ2n) is 6.18. The first kappa shape index (κ1) is 20.3. The first-order chi connectivity index (χ1) is 13.4. The summed E-state index contributed by atoms with van der Waals surface area (Å²) in [6.07, 6.45) is 0.139. The highest BCUT2D eigenvalue weighted by molar-refractivity contribution is 7.80. The summed E-state index contributed by atoms with van der Waals surface area (Å²) >= 11 is 12.9. The Labute approximate surface area is 178 Å². The van der Waals surface area contributed by atoms with Crippen molar-refractivity contribution < 1.29 is 4.79 Å². The zero-order chi connectivity index (χ0) is 20.1. The van der Waals surface area contributed by atoms with Crippen molar-refractivity contribution in [3.8, 4) is 10.6 Å². The Kier molecular flexibility index (Phi) is 6.61. The van der Waals surface area contributed by atoms with Crippen LogP contribution in [0.2, 0.25) is 5.02 Å². The summed E-state index contributed by atoms with van der Waals surface area (Å²) in [5.41, 5.74) is 10.0. The molecule has 3 aromatic rings. The minimum atomic E-state index is -0.235. The maximum absolute atomic E-state index is 12.2. The molecular formula is C20H19ClN4OS2. The highest BCUT2D eigenvalue weighted by atomic mass is 35.5. The number of anilines is 1. The normalized spacial score (nSPS) is 10.4. The molecule has 1 heterocycles. The number of amides is 1. The molecule has 0 bridgehead atoms. The topological polar surface area (TPSA) is 66.0 Å². The van der Waals surface area contributed by atoms with Gasteiger partial charge in [0.15, 0.2) is 5.11 Å². The van der Waals surface area contributed by atoms with Gasteiger partial charge in [0, 0.05) is 16.6 Å². The van der Waals surface area contributed by atoms with Gasteiger partial charge in [0.1, 0.15) is 5.01 Å². The number of carbonyl (C=O) groups is 1. The van der Waals surface area contributed by atoms with E-state index in [1.165, 1.54) is 11.3 Å². The van der Waals surface area contributed by atoms with E-state index in [4.69, 9.17) is 23.8 Å². The molecular weight excluding hydrogens is 412 g/mol. The van der Waals surface area contributed by atoms with Gasteiger partial charge in [-0.15, -0.1) is 11.3 Å². The zero-order valence-corrected chi connectivity index (χ0v) is 17.8. The number of carbonyl (C=O) groups excluding carboxylic acids is 1. The summed E-state index contributed by atoms with van der Waals surface area (Å²) in [4.78, 5) is 16.7. The standard InChI is InChI=1S/C20H19ClN4OS2/c1-12-6-5-9-17(13(12)2)23-20(27)25-24-18(26)10-14-11-28-19(22-14)15-7-3-4-8-16(15)21/h3-9,11H,10H2,1-2H3,(H,24,26)(H2,23,25,27). The van der Waals surface area contributed by atoms with Crippen LogP contribution in [0.1, 0.15) is 16.8 Å². The third kappa shape index (κ3) is 5.07. The summed E-state index contributed by atoms with van der Waals surface area (Å²) in [5, 5.41) is 6.67. The second kappa shape index (κ2) is 9.14. The van der Waals surface area contributed by atoms with Crippen LogP contribution in [-0.2, 0) is 11.2 Å². The van der Waals surface area contributed by atoms with Gasteiger partial charge in [-0.3, -0.25) is 15.6 Å². The first-order valence-corrected chi connectivity index (χ1v) is 10.2. The lowest BCUT2D eigenvalue weighted by Crippen LogP contribution is -2.44. The fraction of sp³-hybridized carbons (Fsp3) is 0.150. The van der Waals surface area contributed by atoms with Gasteiger partial charge in [-0.05, 0) is 49.3 Å². The van der Waals surface area contributed by atoms with Crippen molar-refractivity contribution in [3.05, 3.63) is 69.7 Å². The molecule has 8 heteroatoms. The molecule has 3 rings (SSSR count). The second-order valence-corrected chi connectivity index (χ2v) is 7.85. The molecule has 0 atom stereocenters. The van der Waals surface area contributed by atoms with E-state index >= 15 is 0 Å². The summed E-state index contributed by atoms with van der Waals surface area (Å²) in [6, 6.07) is 13.4. The van der Waals surface area contributed by atoms with Gasteiger partial charge in [0.05, 0.1) is 17.1 Å². The lowest BCUT2D eigenvalue weighted by Gasteiger charge is -2.14. The van der Waals surface area contributed by atoms with E-state index in [1.54, 1.807) is 0 Å². The summed E-state index contributed by atoms with van der Waals surface area (Å²) in [5.74, 6) is -0.235. The number of hydrogen-bond acceptors (Lipinski definition) is 4. The van der Waals surface area contributed by atoms with Gasteiger partial charge in [0.25, 0.3) is 0 Å². The molecule has 0 aliphatic rings. The molecule has 0 unspecified atom stereocenters. The molecule has 5 nitrogen and oxygen atoms in total. The Hall–Kier alpha value is -2.48. The van der Waals surface area contributed by atoms with Crippen molar-refractivity contribution in [3.63, 3.8) is 0 Å². The van der Waals surface area contributed by atoms with Crippen molar-refractivity contribution in [2.45, 2.75) is 20.3 Å².